The number of esters is 1. The number of nitrogens with zero attached hydrogens (tertiary/aromatic N) is 2. The van der Waals surface area contributed by atoms with Gasteiger partial charge >= 0.3 is 13.1 Å². The van der Waals surface area contributed by atoms with Gasteiger partial charge in [0.05, 0.1) is 35.8 Å². The number of hydrogen-bond donors (Lipinski definition) is 0. The van der Waals surface area contributed by atoms with Crippen LogP contribution in [0.15, 0.2) is 42.5 Å². The second-order valence-corrected chi connectivity index (χ2v) is 11.1. The van der Waals surface area contributed by atoms with E-state index in [-0.39, 0.29) is 12.4 Å². The molecule has 196 valence electrons. The fraction of sp³-hybridized carbons (Fsp3) is 0.517. The summed E-state index contributed by atoms with van der Waals surface area (Å²) in [5.41, 5.74) is 2.93. The Morgan fingerprint density at radius 1 is 1.08 bits per heavy atom. The van der Waals surface area contributed by atoms with E-state index in [1.165, 1.54) is 12.8 Å². The van der Waals surface area contributed by atoms with E-state index in [2.05, 4.69) is 50.6 Å². The quantitative estimate of drug-likeness (QED) is 0.313. The lowest BCUT2D eigenvalue weighted by molar-refractivity contribution is -0.142. The molecule has 2 aromatic carbocycles. The number of rotatable bonds is 8. The second kappa shape index (κ2) is 10.1. The molecule has 0 bridgehead atoms. The van der Waals surface area contributed by atoms with Crippen molar-refractivity contribution >= 4 is 29.5 Å². The Morgan fingerprint density at radius 2 is 1.78 bits per heavy atom. The molecular formula is C29H37BN2O5. The van der Waals surface area contributed by atoms with Crippen LogP contribution < -0.4 is 10.2 Å². The minimum atomic E-state index is -0.441. The first-order valence-electron chi connectivity index (χ1n) is 13.4. The summed E-state index contributed by atoms with van der Waals surface area (Å²) in [6.45, 7) is 10.7. The van der Waals surface area contributed by atoms with Crippen molar-refractivity contribution in [1.82, 2.24) is 9.78 Å². The van der Waals surface area contributed by atoms with Gasteiger partial charge in [-0.1, -0.05) is 43.2 Å². The first-order chi connectivity index (χ1) is 17.7. The molecule has 1 aromatic heterocycles. The first-order valence-corrected chi connectivity index (χ1v) is 13.4. The van der Waals surface area contributed by atoms with Crippen LogP contribution in [-0.2, 0) is 31.9 Å². The maximum Gasteiger partial charge on any atom is 0.494 e. The van der Waals surface area contributed by atoms with E-state index in [1.807, 2.05) is 31.2 Å². The van der Waals surface area contributed by atoms with Gasteiger partial charge in [0.15, 0.2) is 0 Å². The molecule has 2 fully saturated rings. The summed E-state index contributed by atoms with van der Waals surface area (Å²) in [6.07, 6.45) is 4.90. The second-order valence-electron chi connectivity index (χ2n) is 11.1. The van der Waals surface area contributed by atoms with Gasteiger partial charge in [-0.2, -0.15) is 5.10 Å². The molecule has 8 heteroatoms. The number of para-hydroxylation sites is 1. The molecule has 7 nitrogen and oxygen atoms in total. The van der Waals surface area contributed by atoms with Crippen LogP contribution in [0.5, 0.6) is 5.75 Å². The topological polar surface area (TPSA) is 71.8 Å². The number of hydrogen-bond acceptors (Lipinski definition) is 6. The number of aromatic nitrogens is 2. The van der Waals surface area contributed by atoms with Gasteiger partial charge in [0, 0.05) is 10.9 Å². The van der Waals surface area contributed by atoms with Crippen LogP contribution in [-0.4, -0.2) is 40.7 Å². The van der Waals surface area contributed by atoms with Gasteiger partial charge in [-0.05, 0) is 65.1 Å². The largest absolute Gasteiger partial charge is 0.494 e. The minimum absolute atomic E-state index is 0.174. The summed E-state index contributed by atoms with van der Waals surface area (Å²) in [4.78, 5) is 12.1. The standard InChI is InChI=1S/C29H37BN2O5/c1-6-34-27(33)17-20-11-7-10-14-26(20)35-19-24-23-18-21(30-36-28(2,3)29(4,5)37-30)15-16-25(23)32(31-24)22-12-8-9-13-22/h7,10-11,14-16,18,22H,6,8-9,12-13,17,19H2,1-5H3. The number of benzene rings is 2. The molecule has 37 heavy (non-hydrogen) atoms. The van der Waals surface area contributed by atoms with Gasteiger partial charge in [-0.3, -0.25) is 9.48 Å². The summed E-state index contributed by atoms with van der Waals surface area (Å²) in [6, 6.07) is 14.4. The van der Waals surface area contributed by atoms with Crippen molar-refractivity contribution in [2.75, 3.05) is 6.61 Å². The van der Waals surface area contributed by atoms with Crippen molar-refractivity contribution in [2.24, 2.45) is 0 Å². The molecule has 3 aromatic rings. The molecular weight excluding hydrogens is 467 g/mol. The fourth-order valence-corrected chi connectivity index (χ4v) is 5.19. The van der Waals surface area contributed by atoms with Crippen LogP contribution in [0.25, 0.3) is 10.9 Å². The van der Waals surface area contributed by atoms with Gasteiger partial charge in [-0.15, -0.1) is 0 Å². The summed E-state index contributed by atoms with van der Waals surface area (Å²) in [5.74, 6) is 0.405. The summed E-state index contributed by atoms with van der Waals surface area (Å²) < 4.78 is 26.2. The lowest BCUT2D eigenvalue weighted by atomic mass is 9.78. The van der Waals surface area contributed by atoms with E-state index >= 15 is 0 Å². The summed E-state index contributed by atoms with van der Waals surface area (Å²) in [7, 11) is -0.441. The van der Waals surface area contributed by atoms with Gasteiger partial charge in [0.1, 0.15) is 18.1 Å². The molecule has 0 radical (unpaired) electrons. The fourth-order valence-electron chi connectivity index (χ4n) is 5.19. The number of ether oxygens (including phenoxy) is 2. The predicted molar refractivity (Wildman–Crippen MR) is 144 cm³/mol. The lowest BCUT2D eigenvalue weighted by Crippen LogP contribution is -2.41. The smallest absolute Gasteiger partial charge is 0.487 e. The average Bonchev–Trinajstić information content (AvgIpc) is 3.55. The van der Waals surface area contributed by atoms with Crippen LogP contribution in [0.4, 0.5) is 0 Å². The molecule has 1 aliphatic heterocycles. The van der Waals surface area contributed by atoms with Crippen molar-refractivity contribution < 1.29 is 23.6 Å². The zero-order valence-corrected chi connectivity index (χ0v) is 22.6. The van der Waals surface area contributed by atoms with Crippen LogP contribution in [0, 0.1) is 0 Å². The van der Waals surface area contributed by atoms with E-state index in [0.29, 0.717) is 25.0 Å². The van der Waals surface area contributed by atoms with Gasteiger partial charge in [0.2, 0.25) is 0 Å². The van der Waals surface area contributed by atoms with Crippen molar-refractivity contribution in [2.45, 2.75) is 90.6 Å². The highest BCUT2D eigenvalue weighted by atomic mass is 16.7. The third kappa shape index (κ3) is 5.14. The SMILES string of the molecule is CCOC(=O)Cc1ccccc1OCc1nn(C2CCCC2)c2ccc(B3OC(C)(C)C(C)(C)O3)cc12. The molecule has 5 rings (SSSR count). The Labute approximate surface area is 219 Å². The van der Waals surface area contributed by atoms with Crippen molar-refractivity contribution in [1.29, 1.82) is 0 Å². The van der Waals surface area contributed by atoms with Gasteiger partial charge in [0.25, 0.3) is 0 Å². The molecule has 1 saturated heterocycles. The van der Waals surface area contributed by atoms with Crippen molar-refractivity contribution in [3.63, 3.8) is 0 Å². The van der Waals surface area contributed by atoms with Gasteiger partial charge < -0.3 is 18.8 Å². The van der Waals surface area contributed by atoms with E-state index in [1.54, 1.807) is 0 Å². The zero-order chi connectivity index (χ0) is 26.2. The van der Waals surface area contributed by atoms with Crippen molar-refractivity contribution in [3.05, 3.63) is 53.7 Å². The summed E-state index contributed by atoms with van der Waals surface area (Å²) >= 11 is 0. The Balaban J connectivity index is 1.46. The molecule has 1 aliphatic carbocycles. The Hall–Kier alpha value is -2.84. The molecule has 0 N–H and O–H groups in total. The Morgan fingerprint density at radius 3 is 2.49 bits per heavy atom. The highest BCUT2D eigenvalue weighted by molar-refractivity contribution is 6.62. The summed E-state index contributed by atoms with van der Waals surface area (Å²) in [5, 5.41) is 6.09. The van der Waals surface area contributed by atoms with E-state index in [9.17, 15) is 4.79 Å². The molecule has 0 amide bonds. The third-order valence-corrected chi connectivity index (χ3v) is 7.98. The zero-order valence-electron chi connectivity index (χ0n) is 22.6. The van der Waals surface area contributed by atoms with Crippen LogP contribution in [0.3, 0.4) is 0 Å². The van der Waals surface area contributed by atoms with E-state index < -0.39 is 18.3 Å². The minimum Gasteiger partial charge on any atom is -0.487 e. The van der Waals surface area contributed by atoms with Crippen LogP contribution in [0.2, 0.25) is 0 Å². The monoisotopic (exact) mass is 504 g/mol. The lowest BCUT2D eigenvalue weighted by Gasteiger charge is -2.32. The molecule has 2 heterocycles. The average molecular weight is 504 g/mol. The predicted octanol–water partition coefficient (Wildman–Crippen LogP) is 5.14. The van der Waals surface area contributed by atoms with E-state index in [0.717, 1.165) is 40.5 Å². The highest BCUT2D eigenvalue weighted by Crippen LogP contribution is 2.37. The first kappa shape index (κ1) is 25.8. The van der Waals surface area contributed by atoms with Crippen LogP contribution >= 0.6 is 0 Å². The molecule has 1 saturated carbocycles. The number of carbonyl (C=O) groups excluding carboxylic acids is 1. The highest BCUT2D eigenvalue weighted by Gasteiger charge is 2.51. The number of carbonyl (C=O) groups is 1. The van der Waals surface area contributed by atoms with E-state index in [4.69, 9.17) is 23.9 Å². The van der Waals surface area contributed by atoms with Crippen molar-refractivity contribution in [3.8, 4) is 5.75 Å². The maximum absolute atomic E-state index is 12.1. The molecule has 0 unspecified atom stereocenters. The Kier molecular flexibility index (Phi) is 7.07. The maximum atomic E-state index is 12.1. The Bertz CT molecular complexity index is 1260. The number of fused-ring (bicyclic) bond motifs is 1. The molecule has 2 aliphatic rings. The third-order valence-electron chi connectivity index (χ3n) is 7.98. The normalized spacial score (nSPS) is 19.0. The molecule has 0 spiro atoms. The molecule has 0 atom stereocenters. The van der Waals surface area contributed by atoms with Crippen LogP contribution in [0.1, 0.15) is 77.6 Å². The van der Waals surface area contributed by atoms with Gasteiger partial charge in [-0.25, -0.2) is 0 Å².